The first-order chi connectivity index (χ1) is 14.0. The Morgan fingerprint density at radius 3 is 2.55 bits per heavy atom. The van der Waals surface area contributed by atoms with Crippen molar-refractivity contribution in [2.45, 2.75) is 0 Å². The number of carbonyl (C=O) groups is 2. The van der Waals surface area contributed by atoms with Crippen LogP contribution in [0.5, 0.6) is 0 Å². The highest BCUT2D eigenvalue weighted by atomic mass is 35.5. The number of nitrogens with one attached hydrogen (secondary N) is 1. The zero-order valence-electron chi connectivity index (χ0n) is 14.9. The van der Waals surface area contributed by atoms with Crippen LogP contribution in [0.4, 0.5) is 5.00 Å². The lowest BCUT2D eigenvalue weighted by molar-refractivity contribution is 0.0698. The monoisotopic (exact) mass is 423 g/mol. The second-order valence-corrected chi connectivity index (χ2v) is 7.50. The smallest absolute Gasteiger partial charge is 0.339 e. The molecule has 5 nitrogen and oxygen atoms in total. The molecule has 0 unspecified atom stereocenters. The summed E-state index contributed by atoms with van der Waals surface area (Å²) in [5.74, 6) is -1.50. The largest absolute Gasteiger partial charge is 0.478 e. The fourth-order valence-electron chi connectivity index (χ4n) is 2.82. The number of anilines is 1. The fraction of sp³-hybridized carbons (Fsp3) is 0. The normalized spacial score (nSPS) is 11.2. The number of rotatable bonds is 5. The van der Waals surface area contributed by atoms with E-state index in [9.17, 15) is 14.7 Å². The van der Waals surface area contributed by atoms with Gasteiger partial charge in [0.2, 0.25) is 0 Å². The molecule has 0 aliphatic heterocycles. The van der Waals surface area contributed by atoms with Crippen molar-refractivity contribution in [3.8, 4) is 0 Å². The summed E-state index contributed by atoms with van der Waals surface area (Å²) in [6, 6.07) is 16.1. The third-order valence-electron chi connectivity index (χ3n) is 4.24. The molecule has 0 aliphatic rings. The summed E-state index contributed by atoms with van der Waals surface area (Å²) < 4.78 is 5.54. The molecule has 0 bridgehead atoms. The van der Waals surface area contributed by atoms with E-state index in [0.29, 0.717) is 16.2 Å². The van der Waals surface area contributed by atoms with Crippen LogP contribution in [-0.2, 0) is 0 Å². The maximum atomic E-state index is 12.6. The number of amides is 1. The summed E-state index contributed by atoms with van der Waals surface area (Å²) >= 11 is 7.02. The van der Waals surface area contributed by atoms with E-state index in [4.69, 9.17) is 16.0 Å². The third-order valence-corrected chi connectivity index (χ3v) is 5.40. The number of halogens is 1. The molecule has 7 heteroatoms. The van der Waals surface area contributed by atoms with Gasteiger partial charge in [0, 0.05) is 21.4 Å². The van der Waals surface area contributed by atoms with Crippen LogP contribution in [0.3, 0.4) is 0 Å². The van der Waals surface area contributed by atoms with Crippen molar-refractivity contribution in [2.24, 2.45) is 0 Å². The topological polar surface area (TPSA) is 79.5 Å². The Morgan fingerprint density at radius 1 is 1.07 bits per heavy atom. The second-order valence-electron chi connectivity index (χ2n) is 6.19. The van der Waals surface area contributed by atoms with E-state index < -0.39 is 11.9 Å². The Kier molecular flexibility index (Phi) is 5.20. The maximum absolute atomic E-state index is 12.6. The number of para-hydroxylation sites is 1. The van der Waals surface area contributed by atoms with Crippen molar-refractivity contribution >= 4 is 62.9 Å². The predicted molar refractivity (Wildman–Crippen MR) is 116 cm³/mol. The van der Waals surface area contributed by atoms with E-state index in [1.165, 1.54) is 0 Å². The number of fused-ring (bicyclic) bond motifs is 1. The molecule has 1 amide bonds. The van der Waals surface area contributed by atoms with Gasteiger partial charge in [-0.1, -0.05) is 54.1 Å². The molecule has 0 saturated heterocycles. The van der Waals surface area contributed by atoms with E-state index in [1.54, 1.807) is 41.8 Å². The number of furan rings is 1. The molecule has 0 atom stereocenters. The zero-order valence-corrected chi connectivity index (χ0v) is 16.5. The number of benzene rings is 2. The van der Waals surface area contributed by atoms with E-state index in [1.807, 2.05) is 30.3 Å². The highest BCUT2D eigenvalue weighted by Gasteiger charge is 2.21. The SMILES string of the molecule is O=C(Nc1scc(C=Cc2ccc(Cl)cc2)c1C(=O)O)c1cc2ccccc2o1. The molecule has 2 N–H and O–H groups in total. The number of carboxylic acid groups (broad SMARTS) is 1. The van der Waals surface area contributed by atoms with Crippen LogP contribution in [-0.4, -0.2) is 17.0 Å². The van der Waals surface area contributed by atoms with Gasteiger partial charge in [0.05, 0.1) is 0 Å². The van der Waals surface area contributed by atoms with Crippen molar-refractivity contribution < 1.29 is 19.1 Å². The van der Waals surface area contributed by atoms with Gasteiger partial charge in [-0.15, -0.1) is 11.3 Å². The molecule has 0 fully saturated rings. The summed E-state index contributed by atoms with van der Waals surface area (Å²) in [5, 5.41) is 15.7. The van der Waals surface area contributed by atoms with Gasteiger partial charge in [0.1, 0.15) is 16.1 Å². The maximum Gasteiger partial charge on any atom is 0.339 e. The minimum atomic E-state index is -1.12. The second kappa shape index (κ2) is 7.95. The van der Waals surface area contributed by atoms with E-state index in [0.717, 1.165) is 22.3 Å². The molecule has 144 valence electrons. The number of hydrogen-bond acceptors (Lipinski definition) is 4. The van der Waals surface area contributed by atoms with Crippen molar-refractivity contribution in [2.75, 3.05) is 5.32 Å². The third kappa shape index (κ3) is 4.08. The van der Waals surface area contributed by atoms with Gasteiger partial charge >= 0.3 is 5.97 Å². The average molecular weight is 424 g/mol. The number of thiophene rings is 1. The van der Waals surface area contributed by atoms with E-state index >= 15 is 0 Å². The minimum Gasteiger partial charge on any atom is -0.478 e. The lowest BCUT2D eigenvalue weighted by Crippen LogP contribution is -2.12. The Bertz CT molecular complexity index is 1200. The van der Waals surface area contributed by atoms with Crippen LogP contribution in [0.1, 0.15) is 32.0 Å². The lowest BCUT2D eigenvalue weighted by Gasteiger charge is -2.02. The van der Waals surface area contributed by atoms with Gasteiger partial charge in [-0.05, 0) is 29.8 Å². The van der Waals surface area contributed by atoms with Crippen LogP contribution >= 0.6 is 22.9 Å². The summed E-state index contributed by atoms with van der Waals surface area (Å²) in [6.45, 7) is 0. The Morgan fingerprint density at radius 2 is 1.83 bits per heavy atom. The Balaban J connectivity index is 1.59. The van der Waals surface area contributed by atoms with E-state index in [2.05, 4.69) is 5.32 Å². The minimum absolute atomic E-state index is 0.0321. The molecular formula is C22H14ClNO4S. The summed E-state index contributed by atoms with van der Waals surface area (Å²) in [6.07, 6.45) is 3.48. The predicted octanol–water partition coefficient (Wildman–Crippen LogP) is 6.27. The van der Waals surface area contributed by atoms with Crippen LogP contribution in [0.2, 0.25) is 5.02 Å². The Hall–Kier alpha value is -3.35. The molecule has 2 aromatic heterocycles. The van der Waals surface area contributed by atoms with Gasteiger partial charge in [-0.25, -0.2) is 4.79 Å². The van der Waals surface area contributed by atoms with Crippen molar-refractivity contribution in [3.63, 3.8) is 0 Å². The molecule has 0 aliphatic carbocycles. The Labute approximate surface area is 174 Å². The molecule has 4 aromatic rings. The summed E-state index contributed by atoms with van der Waals surface area (Å²) in [4.78, 5) is 24.4. The molecule has 2 aromatic carbocycles. The number of carboxylic acids is 1. The number of aromatic carboxylic acids is 1. The summed E-state index contributed by atoms with van der Waals surface area (Å²) in [5.41, 5.74) is 2.00. The van der Waals surface area contributed by atoms with Gasteiger partial charge in [0.15, 0.2) is 5.76 Å². The first kappa shape index (κ1) is 19.0. The van der Waals surface area contributed by atoms with Gasteiger partial charge in [-0.2, -0.15) is 0 Å². The van der Waals surface area contributed by atoms with Crippen LogP contribution in [0, 0.1) is 0 Å². The number of hydrogen-bond donors (Lipinski definition) is 2. The molecule has 2 heterocycles. The first-order valence-electron chi connectivity index (χ1n) is 8.59. The van der Waals surface area contributed by atoms with Gasteiger partial charge in [0.25, 0.3) is 5.91 Å². The molecule has 4 rings (SSSR count). The first-order valence-corrected chi connectivity index (χ1v) is 9.85. The average Bonchev–Trinajstić information content (AvgIpc) is 3.31. The number of carbonyl (C=O) groups excluding carboxylic acids is 1. The van der Waals surface area contributed by atoms with Crippen LogP contribution in [0.25, 0.3) is 23.1 Å². The standard InChI is InChI=1S/C22H14ClNO4S/c23-16-9-6-13(7-10-16)5-8-15-12-29-21(19(15)22(26)27)24-20(25)18-11-14-3-1-2-4-17(14)28-18/h1-12H,(H,24,25)(H,26,27). The molecule has 29 heavy (non-hydrogen) atoms. The molecule has 0 spiro atoms. The van der Waals surface area contributed by atoms with E-state index in [-0.39, 0.29) is 16.3 Å². The highest BCUT2D eigenvalue weighted by Crippen LogP contribution is 2.31. The van der Waals surface area contributed by atoms with Crippen LogP contribution < -0.4 is 5.32 Å². The van der Waals surface area contributed by atoms with Crippen molar-refractivity contribution in [3.05, 3.63) is 87.5 Å². The fourth-order valence-corrected chi connectivity index (χ4v) is 3.87. The molecular weight excluding hydrogens is 410 g/mol. The summed E-state index contributed by atoms with van der Waals surface area (Å²) in [7, 11) is 0. The zero-order chi connectivity index (χ0) is 20.4. The molecule has 0 saturated carbocycles. The van der Waals surface area contributed by atoms with Gasteiger partial charge in [-0.3, -0.25) is 4.79 Å². The lowest BCUT2D eigenvalue weighted by atomic mass is 10.1. The van der Waals surface area contributed by atoms with Crippen molar-refractivity contribution in [1.82, 2.24) is 0 Å². The van der Waals surface area contributed by atoms with Gasteiger partial charge < -0.3 is 14.8 Å². The highest BCUT2D eigenvalue weighted by molar-refractivity contribution is 7.15. The quantitative estimate of drug-likeness (QED) is 0.396. The molecule has 0 radical (unpaired) electrons. The van der Waals surface area contributed by atoms with Crippen LogP contribution in [0.15, 0.2) is 64.4 Å². The van der Waals surface area contributed by atoms with Crippen molar-refractivity contribution in [1.29, 1.82) is 0 Å².